The smallest absolute Gasteiger partial charge is 0.228 e. The Balaban J connectivity index is 0. The summed E-state index contributed by atoms with van der Waals surface area (Å²) < 4.78 is 0. The van der Waals surface area contributed by atoms with E-state index in [2.05, 4.69) is 200 Å². The predicted molar refractivity (Wildman–Crippen MR) is 415 cm³/mol. The Labute approximate surface area is 629 Å². The van der Waals surface area contributed by atoms with Gasteiger partial charge in [0, 0.05) is 195 Å². The van der Waals surface area contributed by atoms with Gasteiger partial charge in [-0.2, -0.15) is 4.98 Å². The Kier molecular flexibility index (Phi) is 51.0. The number of rotatable bonds is 15. The van der Waals surface area contributed by atoms with Crippen molar-refractivity contribution in [3.05, 3.63) is 136 Å². The van der Waals surface area contributed by atoms with Crippen molar-refractivity contribution in [2.45, 2.75) is 49.6 Å². The van der Waals surface area contributed by atoms with Crippen molar-refractivity contribution in [2.75, 3.05) is 240 Å². The fourth-order valence-corrected chi connectivity index (χ4v) is 9.79. The molecule has 0 spiro atoms. The number of likely N-dealkylation sites (N-methyl/N-ethyl adjacent to an activating group) is 8. The Morgan fingerprint density at radius 3 is 1.58 bits per heavy atom. The molecule has 1 aromatic rings. The molecule has 0 N–H and O–H groups in total. The van der Waals surface area contributed by atoms with Crippen LogP contribution in [0, 0.1) is 12.1 Å². The third kappa shape index (κ3) is 41.2. The van der Waals surface area contributed by atoms with Gasteiger partial charge in [-0.25, -0.2) is 20.0 Å². The van der Waals surface area contributed by atoms with Crippen molar-refractivity contribution in [2.24, 2.45) is 66.1 Å². The minimum absolute atomic E-state index is 0.0417. The molecular formula is C54H106N54. The zero-order valence-corrected chi connectivity index (χ0v) is 66.5. The normalized spacial score (nSPS) is 21.5. The molecule has 0 amide bonds. The van der Waals surface area contributed by atoms with E-state index in [-0.39, 0.29) is 43.3 Å². The van der Waals surface area contributed by atoms with Gasteiger partial charge in [-0.15, -0.1) is 0 Å². The molecule has 7 aliphatic heterocycles. The lowest BCUT2D eigenvalue weighted by atomic mass is 10.3. The first kappa shape index (κ1) is 98.5. The number of aromatic nitrogens is 3. The molecule has 9 atom stereocenters. The van der Waals surface area contributed by atoms with E-state index in [0.29, 0.717) is 43.0 Å². The van der Waals surface area contributed by atoms with Crippen LogP contribution in [0.4, 0.5) is 11.9 Å². The molecule has 5 saturated heterocycles. The van der Waals surface area contributed by atoms with Crippen molar-refractivity contribution in [3.63, 3.8) is 0 Å². The standard InChI is InChI=1S/C8H19N7.C7H16N6.C6H13N5.C6H11N5.C5H7N7.C5H8N6.C5H11N5.C4H7N5.C4H8N4.C4H6N4/c1-12(2)8-14(4)6-13(3)7(10-11-9)15(8)5;1-11(2)7-12(3)5-6(9-10-8)13(7)4;1-10-4-6(3-8-9-7)11(2)5-10;1-10-4-5-11(6-10)3-2-8-9-7;1-12(2)5-8-3-7-4(9-5)10-11-6;1-11(2)5-7-3-4(8-5)9-10-6;1-9(2)5-4(7-8-6)10(5)3;1-9(2)4-3(6-4)7-8-5;2*1-8(2)4-3-6-7-5/h7-8H,6H2,1-5H3;6-7H,5H2,1-4H3;6H,3-5H2,1-2H3;2-3H,4-6H2,1H3;3H,1-2H3;3H2,1-2H3;4-5H,1-3H3;3H,1-2H3;3-4H,1-2H3;1-2H3/b;;;3-2+;;;;;4-3+;. The van der Waals surface area contributed by atoms with Crippen molar-refractivity contribution in [1.82, 2.24) is 98.3 Å². The number of guanidine groups is 1. The summed E-state index contributed by atoms with van der Waals surface area (Å²) in [5, 5.41) is 34.1. The number of amidine groups is 2. The molecular weight excluding hydrogens is 1400 g/mol. The number of aliphatic imine (C=N–C) groups is 3. The monoisotopic (exact) mass is 1510 g/mol. The number of azide groups is 10. The summed E-state index contributed by atoms with van der Waals surface area (Å²) in [4.78, 5) is 85.7. The highest BCUT2D eigenvalue weighted by Crippen LogP contribution is 2.28. The molecule has 592 valence electrons. The van der Waals surface area contributed by atoms with Crippen LogP contribution in [0.2, 0.25) is 0 Å². The number of nitrogens with zero attached hydrogens (tertiary/aromatic N) is 54. The fraction of sp³-hybridized carbons (Fsp3) is 0.778. The van der Waals surface area contributed by atoms with Crippen LogP contribution in [-0.2, 0) is 0 Å². The molecule has 0 aliphatic carbocycles. The molecule has 5 fully saturated rings. The van der Waals surface area contributed by atoms with Gasteiger partial charge >= 0.3 is 0 Å². The SMILES string of the molecule is CN(C)/C=C/N=[N+]=[N-].CN(C)C#CN=[N+]=[N-].CN(C)C1=NC1N=[N+]=[N-].CN(C)C1=NCC(N=[N+]=[N-])=N1.CN(C)C1C(N=[N+]=[N-])N1C.CN(C)C1N(C)CC(N=[N+]=[N-])N1C.CN(C)C1N(C)CN(C)C(N=[N+]=[N-])N1C.CN(C)c1ncnc(N=[N+]=[N-])n1.CN1CC(CN=[N+]=[N-])N(C)C1.CN1CCN(/C=C/N=[N+]=[N-])C1. The van der Waals surface area contributed by atoms with E-state index in [1.807, 2.05) is 165 Å². The van der Waals surface area contributed by atoms with E-state index in [9.17, 15) is 0 Å². The van der Waals surface area contributed by atoms with Gasteiger partial charge in [0.2, 0.25) is 17.9 Å². The molecule has 108 heavy (non-hydrogen) atoms. The Bertz CT molecular complexity index is 3580. The molecule has 0 bridgehead atoms. The van der Waals surface area contributed by atoms with Crippen LogP contribution in [0.15, 0.2) is 97.2 Å². The summed E-state index contributed by atoms with van der Waals surface area (Å²) in [6, 6.07) is 5.13. The van der Waals surface area contributed by atoms with Gasteiger partial charge in [0.25, 0.3) is 0 Å². The first-order chi connectivity index (χ1) is 51.1. The van der Waals surface area contributed by atoms with Gasteiger partial charge in [-0.3, -0.25) is 63.8 Å². The quantitative estimate of drug-likeness (QED) is 0.0441. The third-order valence-corrected chi connectivity index (χ3v) is 14.3. The van der Waals surface area contributed by atoms with Crippen LogP contribution in [0.5, 0.6) is 0 Å². The zero-order chi connectivity index (χ0) is 82.6. The highest BCUT2D eigenvalue weighted by Gasteiger charge is 2.45. The summed E-state index contributed by atoms with van der Waals surface area (Å²) in [6.45, 7) is 7.47. The summed E-state index contributed by atoms with van der Waals surface area (Å²) in [7, 11) is 48.2. The van der Waals surface area contributed by atoms with E-state index in [0.717, 1.165) is 52.0 Å². The average Bonchev–Trinajstić information content (AvgIpc) is 1.57. The van der Waals surface area contributed by atoms with Crippen LogP contribution >= 0.6 is 0 Å². The van der Waals surface area contributed by atoms with E-state index in [1.54, 1.807) is 54.0 Å². The van der Waals surface area contributed by atoms with Crippen molar-refractivity contribution < 1.29 is 0 Å². The lowest BCUT2D eigenvalue weighted by Gasteiger charge is -2.50. The first-order valence-corrected chi connectivity index (χ1v) is 32.1. The van der Waals surface area contributed by atoms with Crippen molar-refractivity contribution in [1.29, 1.82) is 0 Å². The maximum absolute atomic E-state index is 8.52. The number of hydrogen-bond acceptors (Lipinski definition) is 34. The molecule has 0 aromatic carbocycles. The Morgan fingerprint density at radius 1 is 0.546 bits per heavy atom. The second kappa shape index (κ2) is 55.9. The van der Waals surface area contributed by atoms with Gasteiger partial charge in [0.1, 0.15) is 49.2 Å². The van der Waals surface area contributed by atoms with Gasteiger partial charge in [0.05, 0.1) is 32.7 Å². The summed E-state index contributed by atoms with van der Waals surface area (Å²) in [5.74, 6) is 2.43. The van der Waals surface area contributed by atoms with Gasteiger partial charge in [0.15, 0.2) is 6.17 Å². The predicted octanol–water partition coefficient (Wildman–Crippen LogP) is 6.67. The molecule has 54 nitrogen and oxygen atoms in total. The molecule has 8 rings (SSSR count). The average molecular weight is 1510 g/mol. The number of hydrogen-bond donors (Lipinski definition) is 0. The van der Waals surface area contributed by atoms with Crippen LogP contribution in [0.1, 0.15) is 0 Å². The van der Waals surface area contributed by atoms with Crippen LogP contribution in [0.25, 0.3) is 104 Å². The van der Waals surface area contributed by atoms with E-state index in [1.165, 1.54) is 18.7 Å². The van der Waals surface area contributed by atoms with Gasteiger partial charge in [-0.1, -0.05) is 35.8 Å². The van der Waals surface area contributed by atoms with Gasteiger partial charge < -0.3 is 29.4 Å². The lowest BCUT2D eigenvalue weighted by Crippen LogP contribution is -2.66. The molecule has 8 heterocycles. The summed E-state index contributed by atoms with van der Waals surface area (Å²) in [5.41, 5.74) is 80.6. The summed E-state index contributed by atoms with van der Waals surface area (Å²) >= 11 is 0. The topological polar surface area (TPSA) is 621 Å². The third-order valence-electron chi connectivity index (χ3n) is 14.3. The van der Waals surface area contributed by atoms with Gasteiger partial charge in [-0.05, 0) is 176 Å². The van der Waals surface area contributed by atoms with Crippen LogP contribution in [-0.4, -0.2) is 401 Å². The minimum atomic E-state index is -0.224. The maximum Gasteiger partial charge on any atom is 0.228 e. The van der Waals surface area contributed by atoms with E-state index >= 15 is 0 Å². The zero-order valence-electron chi connectivity index (χ0n) is 66.5. The van der Waals surface area contributed by atoms with Crippen molar-refractivity contribution in [3.8, 4) is 12.1 Å². The van der Waals surface area contributed by atoms with Crippen LogP contribution in [0.3, 0.4) is 0 Å². The molecule has 0 saturated carbocycles. The summed E-state index contributed by atoms with van der Waals surface area (Å²) in [6.07, 6.45) is 7.85. The van der Waals surface area contributed by atoms with E-state index < -0.39 is 0 Å². The molecule has 0 radical (unpaired) electrons. The highest BCUT2D eigenvalue weighted by atomic mass is 15.6. The fourth-order valence-electron chi connectivity index (χ4n) is 9.79. The minimum Gasteiger partial charge on any atom is -0.384 e. The first-order valence-electron chi connectivity index (χ1n) is 32.1. The van der Waals surface area contributed by atoms with Crippen molar-refractivity contribution >= 4 is 29.5 Å². The van der Waals surface area contributed by atoms with Crippen LogP contribution < -0.4 is 4.90 Å². The molecule has 54 heteroatoms. The maximum atomic E-state index is 8.52. The molecule has 7 aliphatic rings. The van der Waals surface area contributed by atoms with E-state index in [4.69, 9.17) is 55.3 Å². The Morgan fingerprint density at radius 2 is 1.15 bits per heavy atom. The largest absolute Gasteiger partial charge is 0.384 e. The molecule has 1 aromatic heterocycles. The highest BCUT2D eigenvalue weighted by molar-refractivity contribution is 6.02. The number of anilines is 1. The molecule has 9 unspecified atom stereocenters. The Hall–Kier alpha value is -11.5. The lowest BCUT2D eigenvalue weighted by molar-refractivity contribution is -0.146. The second-order valence-electron chi connectivity index (χ2n) is 25.1. The second-order valence-corrected chi connectivity index (χ2v) is 25.1.